The van der Waals surface area contributed by atoms with Gasteiger partial charge in [-0.25, -0.2) is 0 Å². The fraction of sp³-hybridized carbons (Fsp3) is 0.455. The van der Waals surface area contributed by atoms with Crippen LogP contribution in [0.2, 0.25) is 0 Å². The van der Waals surface area contributed by atoms with E-state index in [1.165, 1.54) is 17.5 Å². The maximum absolute atomic E-state index is 5.61. The summed E-state index contributed by atoms with van der Waals surface area (Å²) >= 11 is 0. The summed E-state index contributed by atoms with van der Waals surface area (Å²) in [5, 5.41) is 0. The number of hydrogen-bond acceptors (Lipinski definition) is 1. The minimum absolute atomic E-state index is 0.756. The predicted molar refractivity (Wildman–Crippen MR) is 51.1 cm³/mol. The molecule has 0 aromatic heterocycles. The lowest BCUT2D eigenvalue weighted by molar-refractivity contribution is 0.807. The topological polar surface area (TPSA) is 26.0 Å². The van der Waals surface area contributed by atoms with Gasteiger partial charge >= 0.3 is 0 Å². The molecule has 2 rings (SSSR count). The molecule has 1 nitrogen and oxygen atoms in total. The van der Waals surface area contributed by atoms with Crippen molar-refractivity contribution in [2.45, 2.75) is 19.3 Å². The van der Waals surface area contributed by atoms with E-state index in [0.717, 1.165) is 18.4 Å². The predicted octanol–water partition coefficient (Wildman–Crippen LogP) is 2.06. The quantitative estimate of drug-likeness (QED) is 0.706. The Kier molecular flexibility index (Phi) is 1.89. The van der Waals surface area contributed by atoms with Crippen LogP contribution in [-0.4, -0.2) is 6.54 Å². The Labute approximate surface area is 73.6 Å². The standard InChI is InChI=1S/C11H15N/c1-8-4-2-3-5-10(8)11-6-9(11)7-12/h2-5,9,11H,6-7,12H2,1H3/t9-,11-/m1/s1. The van der Waals surface area contributed by atoms with Crippen LogP contribution in [0.25, 0.3) is 0 Å². The molecule has 0 amide bonds. The Morgan fingerprint density at radius 2 is 2.17 bits per heavy atom. The van der Waals surface area contributed by atoms with Crippen LogP contribution >= 0.6 is 0 Å². The van der Waals surface area contributed by atoms with Gasteiger partial charge in [0.2, 0.25) is 0 Å². The fourth-order valence-electron chi connectivity index (χ4n) is 1.89. The van der Waals surface area contributed by atoms with Crippen LogP contribution < -0.4 is 5.73 Å². The van der Waals surface area contributed by atoms with Crippen molar-refractivity contribution in [1.82, 2.24) is 0 Å². The fourth-order valence-corrected chi connectivity index (χ4v) is 1.89. The smallest absolute Gasteiger partial charge is 0.00428 e. The van der Waals surface area contributed by atoms with E-state index in [1.54, 1.807) is 0 Å². The highest BCUT2D eigenvalue weighted by Crippen LogP contribution is 2.47. The molecule has 1 fully saturated rings. The van der Waals surface area contributed by atoms with Crippen LogP contribution in [0.3, 0.4) is 0 Å². The number of nitrogens with two attached hydrogens (primary N) is 1. The number of rotatable bonds is 2. The van der Waals surface area contributed by atoms with Gasteiger partial charge in [0.1, 0.15) is 0 Å². The first-order chi connectivity index (χ1) is 5.83. The van der Waals surface area contributed by atoms with Crippen molar-refractivity contribution in [1.29, 1.82) is 0 Å². The summed E-state index contributed by atoms with van der Waals surface area (Å²) in [6.45, 7) is 3.03. The van der Waals surface area contributed by atoms with Crippen molar-refractivity contribution in [3.8, 4) is 0 Å². The van der Waals surface area contributed by atoms with Crippen LogP contribution in [-0.2, 0) is 0 Å². The molecule has 1 aliphatic carbocycles. The summed E-state index contributed by atoms with van der Waals surface area (Å²) in [6, 6.07) is 8.63. The molecule has 12 heavy (non-hydrogen) atoms. The molecule has 1 aromatic rings. The van der Waals surface area contributed by atoms with Gasteiger partial charge < -0.3 is 5.73 Å². The zero-order chi connectivity index (χ0) is 8.55. The van der Waals surface area contributed by atoms with Crippen molar-refractivity contribution >= 4 is 0 Å². The Hall–Kier alpha value is -0.820. The minimum Gasteiger partial charge on any atom is -0.330 e. The molecule has 2 atom stereocenters. The molecule has 0 heterocycles. The summed E-state index contributed by atoms with van der Waals surface area (Å²) in [5.41, 5.74) is 8.53. The normalized spacial score (nSPS) is 27.2. The molecular weight excluding hydrogens is 146 g/mol. The highest BCUT2D eigenvalue weighted by Gasteiger charge is 2.37. The Morgan fingerprint density at radius 1 is 1.42 bits per heavy atom. The van der Waals surface area contributed by atoms with Crippen LogP contribution in [0.4, 0.5) is 0 Å². The van der Waals surface area contributed by atoms with Gasteiger partial charge in [0, 0.05) is 0 Å². The van der Waals surface area contributed by atoms with E-state index in [9.17, 15) is 0 Å². The van der Waals surface area contributed by atoms with Crippen LogP contribution in [0, 0.1) is 12.8 Å². The average molecular weight is 161 g/mol. The molecule has 0 spiro atoms. The van der Waals surface area contributed by atoms with Gasteiger partial charge in [-0.1, -0.05) is 24.3 Å². The summed E-state index contributed by atoms with van der Waals surface area (Å²) < 4.78 is 0. The monoisotopic (exact) mass is 161 g/mol. The lowest BCUT2D eigenvalue weighted by Crippen LogP contribution is -2.02. The first kappa shape index (κ1) is 7.81. The molecular formula is C11H15N. The number of aryl methyl sites for hydroxylation is 1. The lowest BCUT2D eigenvalue weighted by atomic mass is 10.0. The van der Waals surface area contributed by atoms with Crippen molar-refractivity contribution in [2.75, 3.05) is 6.54 Å². The number of hydrogen-bond donors (Lipinski definition) is 1. The maximum atomic E-state index is 5.61. The Balaban J connectivity index is 2.19. The van der Waals surface area contributed by atoms with Crippen molar-refractivity contribution in [2.24, 2.45) is 11.7 Å². The molecule has 0 saturated heterocycles. The van der Waals surface area contributed by atoms with Crippen molar-refractivity contribution in [3.63, 3.8) is 0 Å². The van der Waals surface area contributed by atoms with Crippen molar-refractivity contribution in [3.05, 3.63) is 35.4 Å². The zero-order valence-electron chi connectivity index (χ0n) is 7.46. The highest BCUT2D eigenvalue weighted by atomic mass is 14.6. The van der Waals surface area contributed by atoms with E-state index in [2.05, 4.69) is 31.2 Å². The van der Waals surface area contributed by atoms with E-state index >= 15 is 0 Å². The second-order valence-corrected chi connectivity index (χ2v) is 3.69. The van der Waals surface area contributed by atoms with Gasteiger partial charge in [-0.3, -0.25) is 0 Å². The highest BCUT2D eigenvalue weighted by molar-refractivity contribution is 5.33. The molecule has 0 aliphatic heterocycles. The van der Waals surface area contributed by atoms with E-state index < -0.39 is 0 Å². The van der Waals surface area contributed by atoms with Crippen LogP contribution in [0.1, 0.15) is 23.5 Å². The summed E-state index contributed by atoms with van der Waals surface area (Å²) in [5.74, 6) is 1.52. The molecule has 0 unspecified atom stereocenters. The van der Waals surface area contributed by atoms with Gasteiger partial charge in [0.15, 0.2) is 0 Å². The molecule has 1 saturated carbocycles. The summed E-state index contributed by atoms with van der Waals surface area (Å²) in [6.07, 6.45) is 1.29. The number of benzene rings is 1. The summed E-state index contributed by atoms with van der Waals surface area (Å²) in [7, 11) is 0. The zero-order valence-corrected chi connectivity index (χ0v) is 7.46. The Morgan fingerprint density at radius 3 is 2.75 bits per heavy atom. The molecule has 0 bridgehead atoms. The molecule has 1 aliphatic rings. The Bertz CT molecular complexity index is 280. The largest absolute Gasteiger partial charge is 0.330 e. The van der Waals surface area contributed by atoms with Gasteiger partial charge in [-0.15, -0.1) is 0 Å². The first-order valence-corrected chi connectivity index (χ1v) is 4.58. The van der Waals surface area contributed by atoms with Crippen LogP contribution in [0.5, 0.6) is 0 Å². The molecule has 1 aromatic carbocycles. The van der Waals surface area contributed by atoms with Gasteiger partial charge in [0.05, 0.1) is 0 Å². The van der Waals surface area contributed by atoms with Gasteiger partial charge in [-0.2, -0.15) is 0 Å². The average Bonchev–Trinajstić information content (AvgIpc) is 2.84. The van der Waals surface area contributed by atoms with Gasteiger partial charge in [-0.05, 0) is 42.9 Å². The molecule has 2 N–H and O–H groups in total. The molecule has 1 heteroatoms. The van der Waals surface area contributed by atoms with E-state index in [0.29, 0.717) is 0 Å². The first-order valence-electron chi connectivity index (χ1n) is 4.58. The third-order valence-corrected chi connectivity index (χ3v) is 2.81. The second-order valence-electron chi connectivity index (χ2n) is 3.69. The van der Waals surface area contributed by atoms with Gasteiger partial charge in [0.25, 0.3) is 0 Å². The maximum Gasteiger partial charge on any atom is -0.00428 e. The third-order valence-electron chi connectivity index (χ3n) is 2.81. The van der Waals surface area contributed by atoms with E-state index in [-0.39, 0.29) is 0 Å². The van der Waals surface area contributed by atoms with E-state index in [1.807, 2.05) is 0 Å². The van der Waals surface area contributed by atoms with E-state index in [4.69, 9.17) is 5.73 Å². The molecule has 64 valence electrons. The summed E-state index contributed by atoms with van der Waals surface area (Å²) in [4.78, 5) is 0. The molecule has 0 radical (unpaired) electrons. The third kappa shape index (κ3) is 1.25. The van der Waals surface area contributed by atoms with Crippen LogP contribution in [0.15, 0.2) is 24.3 Å². The van der Waals surface area contributed by atoms with Crippen molar-refractivity contribution < 1.29 is 0 Å². The second kappa shape index (κ2) is 2.91. The lowest BCUT2D eigenvalue weighted by Gasteiger charge is -2.02. The minimum atomic E-state index is 0.756. The SMILES string of the molecule is Cc1ccccc1[C@@H]1C[C@@H]1CN.